The third-order valence-corrected chi connectivity index (χ3v) is 3.33. The number of hydrogen-bond acceptors (Lipinski definition) is 3. The van der Waals surface area contributed by atoms with Crippen molar-refractivity contribution < 1.29 is 4.39 Å². The van der Waals surface area contributed by atoms with Crippen molar-refractivity contribution in [1.82, 2.24) is 9.97 Å². The molecule has 106 valence electrons. The van der Waals surface area contributed by atoms with Gasteiger partial charge in [-0.25, -0.2) is 9.37 Å². The number of H-pyrrole nitrogens is 1. The Morgan fingerprint density at radius 2 is 2.05 bits per heavy atom. The molecule has 1 aromatic heterocycles. The van der Waals surface area contributed by atoms with E-state index in [1.165, 1.54) is 12.1 Å². The summed E-state index contributed by atoms with van der Waals surface area (Å²) in [5.41, 5.74) is 1.10. The van der Waals surface area contributed by atoms with E-state index in [9.17, 15) is 9.18 Å². The smallest absolute Gasteiger partial charge is 0.258 e. The Hall–Kier alpha value is -2.40. The van der Waals surface area contributed by atoms with Crippen LogP contribution < -0.4 is 10.9 Å². The van der Waals surface area contributed by atoms with Gasteiger partial charge in [-0.3, -0.25) is 4.79 Å². The van der Waals surface area contributed by atoms with Gasteiger partial charge in [0.1, 0.15) is 11.6 Å². The van der Waals surface area contributed by atoms with Gasteiger partial charge in [-0.15, -0.1) is 0 Å². The molecule has 4 nitrogen and oxygen atoms in total. The zero-order chi connectivity index (χ0) is 14.8. The van der Waals surface area contributed by atoms with Gasteiger partial charge >= 0.3 is 0 Å². The van der Waals surface area contributed by atoms with E-state index in [-0.39, 0.29) is 10.6 Å². The molecule has 21 heavy (non-hydrogen) atoms. The van der Waals surface area contributed by atoms with Crippen molar-refractivity contribution in [3.05, 3.63) is 69.5 Å². The molecule has 0 saturated heterocycles. The van der Waals surface area contributed by atoms with Gasteiger partial charge in [0.05, 0.1) is 22.5 Å². The first kappa shape index (κ1) is 13.6. The normalized spacial score (nSPS) is 10.8. The summed E-state index contributed by atoms with van der Waals surface area (Å²) in [6.45, 7) is 0.308. The van der Waals surface area contributed by atoms with Gasteiger partial charge in [0.25, 0.3) is 5.56 Å². The maximum atomic E-state index is 13.1. The molecule has 3 rings (SSSR count). The average Bonchev–Trinajstić information content (AvgIpc) is 2.49. The molecule has 0 aliphatic rings. The van der Waals surface area contributed by atoms with Crippen LogP contribution in [0.5, 0.6) is 0 Å². The highest BCUT2D eigenvalue weighted by molar-refractivity contribution is 6.31. The number of para-hydroxylation sites is 1. The van der Waals surface area contributed by atoms with Crippen LogP contribution in [0.2, 0.25) is 5.02 Å². The van der Waals surface area contributed by atoms with Crippen LogP contribution in [-0.2, 0) is 6.54 Å². The number of fused-ring (bicyclic) bond motifs is 1. The van der Waals surface area contributed by atoms with Crippen LogP contribution in [0.4, 0.5) is 10.1 Å². The standard InChI is InChI=1S/C15H11ClFN3O/c16-11-7-9(5-6-12(11)17)18-8-14-19-13-4-2-1-3-10(13)15(21)20-14/h1-7,18H,8H2,(H,19,20,21). The SMILES string of the molecule is O=c1[nH]c(CNc2ccc(F)c(Cl)c2)nc2ccccc12. The maximum absolute atomic E-state index is 13.1. The number of aromatic amines is 1. The van der Waals surface area contributed by atoms with Gasteiger partial charge in [0, 0.05) is 5.69 Å². The summed E-state index contributed by atoms with van der Waals surface area (Å²) in [4.78, 5) is 19.0. The Balaban J connectivity index is 1.85. The fraction of sp³-hybridized carbons (Fsp3) is 0.0667. The van der Waals surface area contributed by atoms with Gasteiger partial charge in [-0.1, -0.05) is 23.7 Å². The van der Waals surface area contributed by atoms with E-state index in [4.69, 9.17) is 11.6 Å². The van der Waals surface area contributed by atoms with Gasteiger partial charge in [0.2, 0.25) is 0 Å². The van der Waals surface area contributed by atoms with Crippen molar-refractivity contribution in [2.75, 3.05) is 5.32 Å². The molecule has 0 aliphatic carbocycles. The summed E-state index contributed by atoms with van der Waals surface area (Å²) in [5.74, 6) is 0.0265. The van der Waals surface area contributed by atoms with E-state index < -0.39 is 5.82 Å². The Kier molecular flexibility index (Phi) is 3.58. The maximum Gasteiger partial charge on any atom is 0.258 e. The van der Waals surface area contributed by atoms with E-state index in [2.05, 4.69) is 15.3 Å². The number of hydrogen-bond donors (Lipinski definition) is 2. The van der Waals surface area contributed by atoms with E-state index in [1.807, 2.05) is 6.07 Å². The predicted octanol–water partition coefficient (Wildman–Crippen LogP) is 3.33. The first-order valence-electron chi connectivity index (χ1n) is 6.30. The minimum atomic E-state index is -0.473. The Morgan fingerprint density at radius 1 is 1.24 bits per heavy atom. The number of benzene rings is 2. The van der Waals surface area contributed by atoms with Crippen molar-refractivity contribution in [2.24, 2.45) is 0 Å². The van der Waals surface area contributed by atoms with Crippen LogP contribution in [0.25, 0.3) is 10.9 Å². The van der Waals surface area contributed by atoms with Crippen LogP contribution in [0, 0.1) is 5.82 Å². The molecule has 2 N–H and O–H groups in total. The molecule has 0 atom stereocenters. The van der Waals surface area contributed by atoms with Gasteiger partial charge < -0.3 is 10.3 Å². The lowest BCUT2D eigenvalue weighted by Gasteiger charge is -2.07. The third-order valence-electron chi connectivity index (χ3n) is 3.04. The van der Waals surface area contributed by atoms with Crippen molar-refractivity contribution in [3.8, 4) is 0 Å². The molecule has 0 amide bonds. The first-order chi connectivity index (χ1) is 10.1. The monoisotopic (exact) mass is 303 g/mol. The topological polar surface area (TPSA) is 57.8 Å². The Bertz CT molecular complexity index is 863. The van der Waals surface area contributed by atoms with Crippen LogP contribution in [-0.4, -0.2) is 9.97 Å². The molecule has 2 aromatic carbocycles. The average molecular weight is 304 g/mol. The summed E-state index contributed by atoms with van der Waals surface area (Å²) in [7, 11) is 0. The number of rotatable bonds is 3. The van der Waals surface area contributed by atoms with Crippen molar-refractivity contribution in [3.63, 3.8) is 0 Å². The molecule has 0 fully saturated rings. The summed E-state index contributed by atoms with van der Waals surface area (Å²) in [6, 6.07) is 11.4. The fourth-order valence-corrected chi connectivity index (χ4v) is 2.19. The minimum absolute atomic E-state index is 0.0416. The zero-order valence-electron chi connectivity index (χ0n) is 10.9. The number of anilines is 1. The molecular weight excluding hydrogens is 293 g/mol. The number of nitrogens with one attached hydrogen (secondary N) is 2. The number of nitrogens with zero attached hydrogens (tertiary/aromatic N) is 1. The summed E-state index contributed by atoms with van der Waals surface area (Å²) in [5, 5.41) is 3.63. The van der Waals surface area contributed by atoms with Crippen molar-refractivity contribution >= 4 is 28.2 Å². The van der Waals surface area contributed by atoms with Gasteiger partial charge in [0.15, 0.2) is 0 Å². The molecule has 0 aliphatic heterocycles. The summed E-state index contributed by atoms with van der Waals surface area (Å²) < 4.78 is 13.1. The second-order valence-electron chi connectivity index (χ2n) is 4.51. The third kappa shape index (κ3) is 2.87. The molecule has 1 heterocycles. The summed E-state index contributed by atoms with van der Waals surface area (Å²) >= 11 is 5.71. The molecule has 0 spiro atoms. The highest BCUT2D eigenvalue weighted by atomic mass is 35.5. The molecule has 0 bridgehead atoms. The summed E-state index contributed by atoms with van der Waals surface area (Å²) in [6.07, 6.45) is 0. The van der Waals surface area contributed by atoms with E-state index in [0.717, 1.165) is 0 Å². The van der Waals surface area contributed by atoms with Crippen molar-refractivity contribution in [1.29, 1.82) is 0 Å². The van der Waals surface area contributed by atoms with Crippen LogP contribution in [0.15, 0.2) is 47.3 Å². The van der Waals surface area contributed by atoms with Gasteiger partial charge in [-0.2, -0.15) is 0 Å². The quantitative estimate of drug-likeness (QED) is 0.780. The second-order valence-corrected chi connectivity index (χ2v) is 4.92. The van der Waals surface area contributed by atoms with E-state index in [1.54, 1.807) is 24.3 Å². The first-order valence-corrected chi connectivity index (χ1v) is 6.68. The lowest BCUT2D eigenvalue weighted by molar-refractivity contribution is 0.628. The minimum Gasteiger partial charge on any atom is -0.378 e. The predicted molar refractivity (Wildman–Crippen MR) is 81.1 cm³/mol. The molecular formula is C15H11ClFN3O. The number of halogens is 2. The van der Waals surface area contributed by atoms with Gasteiger partial charge in [-0.05, 0) is 30.3 Å². The zero-order valence-corrected chi connectivity index (χ0v) is 11.6. The molecule has 0 saturated carbocycles. The highest BCUT2D eigenvalue weighted by Gasteiger charge is 2.04. The lowest BCUT2D eigenvalue weighted by atomic mass is 10.2. The van der Waals surface area contributed by atoms with E-state index >= 15 is 0 Å². The fourth-order valence-electron chi connectivity index (χ4n) is 2.01. The van der Waals surface area contributed by atoms with Crippen LogP contribution in [0.3, 0.4) is 0 Å². The Morgan fingerprint density at radius 3 is 2.86 bits per heavy atom. The van der Waals surface area contributed by atoms with Crippen LogP contribution >= 0.6 is 11.6 Å². The largest absolute Gasteiger partial charge is 0.378 e. The lowest BCUT2D eigenvalue weighted by Crippen LogP contribution is -2.14. The molecule has 0 unspecified atom stereocenters. The number of aromatic nitrogens is 2. The van der Waals surface area contributed by atoms with Crippen LogP contribution in [0.1, 0.15) is 5.82 Å². The van der Waals surface area contributed by atoms with Crippen molar-refractivity contribution in [2.45, 2.75) is 6.54 Å². The Labute approximate surface area is 124 Å². The molecule has 6 heteroatoms. The molecule has 0 radical (unpaired) electrons. The molecule has 3 aromatic rings. The van der Waals surface area contributed by atoms with E-state index in [0.29, 0.717) is 29.0 Å². The second kappa shape index (κ2) is 5.54. The highest BCUT2D eigenvalue weighted by Crippen LogP contribution is 2.19.